The SMILES string of the molecule is CCCC(Cc1ccccc1)Nc1ccncc1C(N)=O. The van der Waals surface area contributed by atoms with Gasteiger partial charge in [0.25, 0.3) is 5.91 Å². The third kappa shape index (κ3) is 4.31. The van der Waals surface area contributed by atoms with Crippen molar-refractivity contribution in [1.29, 1.82) is 0 Å². The summed E-state index contributed by atoms with van der Waals surface area (Å²) in [5.74, 6) is -0.458. The third-order valence-corrected chi connectivity index (χ3v) is 3.41. The number of nitrogens with two attached hydrogens (primary N) is 1. The average Bonchev–Trinajstić information content (AvgIpc) is 2.49. The van der Waals surface area contributed by atoms with Crippen LogP contribution in [-0.2, 0) is 6.42 Å². The monoisotopic (exact) mass is 283 g/mol. The quantitative estimate of drug-likeness (QED) is 0.820. The number of aromatic nitrogens is 1. The smallest absolute Gasteiger partial charge is 0.252 e. The van der Waals surface area contributed by atoms with Crippen LogP contribution < -0.4 is 11.1 Å². The van der Waals surface area contributed by atoms with Crippen molar-refractivity contribution < 1.29 is 4.79 Å². The third-order valence-electron chi connectivity index (χ3n) is 3.41. The zero-order valence-corrected chi connectivity index (χ0v) is 12.3. The van der Waals surface area contributed by atoms with Crippen molar-refractivity contribution in [2.45, 2.75) is 32.2 Å². The van der Waals surface area contributed by atoms with Crippen LogP contribution in [0.1, 0.15) is 35.7 Å². The number of anilines is 1. The summed E-state index contributed by atoms with van der Waals surface area (Å²) in [7, 11) is 0. The maximum Gasteiger partial charge on any atom is 0.252 e. The summed E-state index contributed by atoms with van der Waals surface area (Å²) in [6.45, 7) is 2.15. The van der Waals surface area contributed by atoms with E-state index in [0.29, 0.717) is 5.56 Å². The molecule has 21 heavy (non-hydrogen) atoms. The highest BCUT2D eigenvalue weighted by Crippen LogP contribution is 2.18. The molecule has 0 fully saturated rings. The first-order valence-corrected chi connectivity index (χ1v) is 7.25. The molecule has 1 atom stereocenters. The Morgan fingerprint density at radius 2 is 2.05 bits per heavy atom. The fourth-order valence-electron chi connectivity index (χ4n) is 2.41. The first kappa shape index (κ1) is 15.0. The van der Waals surface area contributed by atoms with Crippen molar-refractivity contribution >= 4 is 11.6 Å². The van der Waals surface area contributed by atoms with Crippen molar-refractivity contribution in [3.63, 3.8) is 0 Å². The summed E-state index contributed by atoms with van der Waals surface area (Å²) >= 11 is 0. The van der Waals surface area contributed by atoms with Gasteiger partial charge in [-0.25, -0.2) is 0 Å². The maximum atomic E-state index is 11.5. The van der Waals surface area contributed by atoms with Gasteiger partial charge in [-0.3, -0.25) is 9.78 Å². The fraction of sp³-hybridized carbons (Fsp3) is 0.294. The standard InChI is InChI=1S/C17H21N3O/c1-2-6-14(11-13-7-4-3-5-8-13)20-16-9-10-19-12-15(16)17(18)21/h3-5,7-10,12,14H,2,6,11H2,1H3,(H2,18,21)(H,19,20). The zero-order valence-electron chi connectivity index (χ0n) is 12.3. The van der Waals surface area contributed by atoms with Gasteiger partial charge in [0, 0.05) is 18.4 Å². The normalized spacial score (nSPS) is 11.9. The Bertz CT molecular complexity index is 584. The lowest BCUT2D eigenvalue weighted by atomic mass is 10.0. The summed E-state index contributed by atoms with van der Waals surface area (Å²) in [5, 5.41) is 3.44. The first-order chi connectivity index (χ1) is 10.2. The number of nitrogens with one attached hydrogen (secondary N) is 1. The summed E-state index contributed by atoms with van der Waals surface area (Å²) < 4.78 is 0. The van der Waals surface area contributed by atoms with Crippen molar-refractivity contribution in [1.82, 2.24) is 4.98 Å². The van der Waals surface area contributed by atoms with Gasteiger partial charge in [0.15, 0.2) is 0 Å². The van der Waals surface area contributed by atoms with Crippen LogP contribution >= 0.6 is 0 Å². The number of benzene rings is 1. The molecule has 2 aromatic rings. The molecule has 1 unspecified atom stereocenters. The van der Waals surface area contributed by atoms with Gasteiger partial charge in [0.2, 0.25) is 0 Å². The summed E-state index contributed by atoms with van der Waals surface area (Å²) in [6.07, 6.45) is 6.18. The molecule has 3 N–H and O–H groups in total. The number of hydrogen-bond donors (Lipinski definition) is 2. The second kappa shape index (κ2) is 7.43. The largest absolute Gasteiger partial charge is 0.381 e. The Kier molecular flexibility index (Phi) is 5.32. The predicted molar refractivity (Wildman–Crippen MR) is 85.2 cm³/mol. The van der Waals surface area contributed by atoms with E-state index in [0.717, 1.165) is 24.9 Å². The van der Waals surface area contributed by atoms with Gasteiger partial charge in [-0.2, -0.15) is 0 Å². The van der Waals surface area contributed by atoms with E-state index >= 15 is 0 Å². The van der Waals surface area contributed by atoms with Crippen molar-refractivity contribution in [3.05, 3.63) is 59.9 Å². The van der Waals surface area contributed by atoms with Crippen LogP contribution in [0, 0.1) is 0 Å². The van der Waals surface area contributed by atoms with Gasteiger partial charge in [-0.1, -0.05) is 43.7 Å². The van der Waals surface area contributed by atoms with Crippen LogP contribution in [0.4, 0.5) is 5.69 Å². The molecule has 1 heterocycles. The molecule has 0 saturated heterocycles. The van der Waals surface area contributed by atoms with E-state index in [1.165, 1.54) is 11.8 Å². The highest BCUT2D eigenvalue weighted by atomic mass is 16.1. The Labute approximate surface area is 125 Å². The molecule has 0 radical (unpaired) electrons. The van der Waals surface area contributed by atoms with Gasteiger partial charge in [-0.15, -0.1) is 0 Å². The molecular weight excluding hydrogens is 262 g/mol. The average molecular weight is 283 g/mol. The van der Waals surface area contributed by atoms with Crippen LogP contribution in [0.5, 0.6) is 0 Å². The summed E-state index contributed by atoms with van der Waals surface area (Å²) in [6, 6.07) is 12.4. The Morgan fingerprint density at radius 3 is 2.71 bits per heavy atom. The number of carbonyl (C=O) groups is 1. The van der Waals surface area contributed by atoms with E-state index in [4.69, 9.17) is 5.73 Å². The Hall–Kier alpha value is -2.36. The lowest BCUT2D eigenvalue weighted by Crippen LogP contribution is -2.24. The first-order valence-electron chi connectivity index (χ1n) is 7.25. The van der Waals surface area contributed by atoms with Crippen LogP contribution in [-0.4, -0.2) is 16.9 Å². The molecule has 110 valence electrons. The number of rotatable bonds is 7. The van der Waals surface area contributed by atoms with Crippen molar-refractivity contribution in [2.24, 2.45) is 5.73 Å². The number of carbonyl (C=O) groups excluding carboxylic acids is 1. The molecule has 0 spiro atoms. The highest BCUT2D eigenvalue weighted by molar-refractivity contribution is 5.98. The van der Waals surface area contributed by atoms with E-state index < -0.39 is 5.91 Å². The van der Waals surface area contributed by atoms with E-state index in [1.54, 1.807) is 12.3 Å². The molecule has 1 aromatic carbocycles. The van der Waals surface area contributed by atoms with Gasteiger partial charge in [0.05, 0.1) is 11.3 Å². The van der Waals surface area contributed by atoms with Gasteiger partial charge >= 0.3 is 0 Å². The van der Waals surface area contributed by atoms with Crippen molar-refractivity contribution in [3.8, 4) is 0 Å². The lowest BCUT2D eigenvalue weighted by Gasteiger charge is -2.20. The Morgan fingerprint density at radius 1 is 1.29 bits per heavy atom. The minimum Gasteiger partial charge on any atom is -0.381 e. The minimum atomic E-state index is -0.458. The molecule has 0 aliphatic rings. The van der Waals surface area contributed by atoms with Crippen LogP contribution in [0.15, 0.2) is 48.8 Å². The van der Waals surface area contributed by atoms with Gasteiger partial charge in [0.1, 0.15) is 0 Å². The Balaban J connectivity index is 2.15. The molecule has 0 saturated carbocycles. The molecule has 0 bridgehead atoms. The second-order valence-corrected chi connectivity index (χ2v) is 5.11. The van der Waals surface area contributed by atoms with Gasteiger partial charge < -0.3 is 11.1 Å². The number of pyridine rings is 1. The number of hydrogen-bond acceptors (Lipinski definition) is 3. The highest BCUT2D eigenvalue weighted by Gasteiger charge is 2.13. The lowest BCUT2D eigenvalue weighted by molar-refractivity contribution is 0.100. The van der Waals surface area contributed by atoms with E-state index in [-0.39, 0.29) is 6.04 Å². The van der Waals surface area contributed by atoms with Gasteiger partial charge in [-0.05, 0) is 24.5 Å². The summed E-state index contributed by atoms with van der Waals surface area (Å²) in [5.41, 5.74) is 7.87. The fourth-order valence-corrected chi connectivity index (χ4v) is 2.41. The predicted octanol–water partition coefficient (Wildman–Crippen LogP) is 3.00. The van der Waals surface area contributed by atoms with E-state index in [2.05, 4.69) is 29.4 Å². The zero-order chi connectivity index (χ0) is 15.1. The molecule has 1 aromatic heterocycles. The minimum absolute atomic E-state index is 0.262. The maximum absolute atomic E-state index is 11.5. The number of amides is 1. The van der Waals surface area contributed by atoms with E-state index in [9.17, 15) is 4.79 Å². The van der Waals surface area contributed by atoms with Crippen molar-refractivity contribution in [2.75, 3.05) is 5.32 Å². The summed E-state index contributed by atoms with van der Waals surface area (Å²) in [4.78, 5) is 15.4. The second-order valence-electron chi connectivity index (χ2n) is 5.11. The molecule has 0 aliphatic carbocycles. The van der Waals surface area contributed by atoms with Crippen LogP contribution in [0.2, 0.25) is 0 Å². The molecule has 0 aliphatic heterocycles. The molecular formula is C17H21N3O. The van der Waals surface area contributed by atoms with Crippen LogP contribution in [0.25, 0.3) is 0 Å². The number of primary amides is 1. The van der Waals surface area contributed by atoms with Crippen LogP contribution in [0.3, 0.4) is 0 Å². The topological polar surface area (TPSA) is 68.0 Å². The van der Waals surface area contributed by atoms with E-state index in [1.807, 2.05) is 18.2 Å². The molecule has 1 amide bonds. The number of nitrogens with zero attached hydrogens (tertiary/aromatic N) is 1. The molecule has 2 rings (SSSR count). The molecule has 4 nitrogen and oxygen atoms in total. The molecule has 4 heteroatoms.